The van der Waals surface area contributed by atoms with E-state index >= 15 is 0 Å². The first-order valence-corrected chi connectivity index (χ1v) is 11.3. The molecule has 0 fully saturated rings. The summed E-state index contributed by atoms with van der Waals surface area (Å²) in [4.78, 5) is 30.7. The van der Waals surface area contributed by atoms with Gasteiger partial charge in [0.15, 0.2) is 0 Å². The summed E-state index contributed by atoms with van der Waals surface area (Å²) in [6.45, 7) is 1.99. The molecule has 4 aromatic rings. The Morgan fingerprint density at radius 2 is 1.82 bits per heavy atom. The lowest BCUT2D eigenvalue weighted by atomic mass is 10.1. The summed E-state index contributed by atoms with van der Waals surface area (Å²) in [6.07, 6.45) is 1.74. The van der Waals surface area contributed by atoms with E-state index in [-0.39, 0.29) is 17.6 Å². The molecule has 0 unspecified atom stereocenters. The SMILES string of the molecule is COc1cccc(NC(=O)CSc2ccccc2C(=O)Nc2ccc(C)c3ncccc23)c1. The minimum absolute atomic E-state index is 0.166. The van der Waals surface area contributed by atoms with E-state index in [0.717, 1.165) is 21.4 Å². The molecule has 33 heavy (non-hydrogen) atoms. The number of pyridine rings is 1. The Morgan fingerprint density at radius 3 is 2.67 bits per heavy atom. The van der Waals surface area contributed by atoms with Crippen molar-refractivity contribution in [2.24, 2.45) is 0 Å². The van der Waals surface area contributed by atoms with Crippen molar-refractivity contribution < 1.29 is 14.3 Å². The molecule has 1 heterocycles. The Bertz CT molecular complexity index is 1320. The Balaban J connectivity index is 1.47. The highest BCUT2D eigenvalue weighted by Gasteiger charge is 2.15. The van der Waals surface area contributed by atoms with Crippen molar-refractivity contribution in [3.8, 4) is 5.75 Å². The largest absolute Gasteiger partial charge is 0.497 e. The zero-order valence-corrected chi connectivity index (χ0v) is 19.1. The second-order valence-electron chi connectivity index (χ2n) is 7.35. The first-order valence-electron chi connectivity index (χ1n) is 10.4. The van der Waals surface area contributed by atoms with Crippen LogP contribution in [0.25, 0.3) is 10.9 Å². The number of hydrogen-bond acceptors (Lipinski definition) is 5. The van der Waals surface area contributed by atoms with E-state index in [9.17, 15) is 9.59 Å². The summed E-state index contributed by atoms with van der Waals surface area (Å²) < 4.78 is 5.19. The molecule has 166 valence electrons. The second-order valence-corrected chi connectivity index (χ2v) is 8.37. The number of aromatic nitrogens is 1. The maximum atomic E-state index is 13.1. The predicted molar refractivity (Wildman–Crippen MR) is 133 cm³/mol. The van der Waals surface area contributed by atoms with Crippen LogP contribution in [-0.2, 0) is 4.79 Å². The van der Waals surface area contributed by atoms with Crippen molar-refractivity contribution in [1.82, 2.24) is 4.98 Å². The van der Waals surface area contributed by atoms with Crippen LogP contribution >= 0.6 is 11.8 Å². The van der Waals surface area contributed by atoms with Crippen molar-refractivity contribution in [2.75, 3.05) is 23.5 Å². The molecule has 0 bridgehead atoms. The lowest BCUT2D eigenvalue weighted by Gasteiger charge is -2.12. The number of rotatable bonds is 7. The van der Waals surface area contributed by atoms with E-state index < -0.39 is 0 Å². The number of carbonyl (C=O) groups is 2. The molecule has 0 aliphatic heterocycles. The molecule has 2 amide bonds. The summed E-state index contributed by atoms with van der Waals surface area (Å²) in [5, 5.41) is 6.74. The zero-order valence-electron chi connectivity index (χ0n) is 18.3. The van der Waals surface area contributed by atoms with Gasteiger partial charge >= 0.3 is 0 Å². The van der Waals surface area contributed by atoms with E-state index in [1.165, 1.54) is 11.8 Å². The molecule has 4 rings (SSSR count). The van der Waals surface area contributed by atoms with E-state index in [0.29, 0.717) is 22.7 Å². The average molecular weight is 458 g/mol. The molecule has 0 spiro atoms. The number of hydrogen-bond donors (Lipinski definition) is 2. The third-order valence-corrected chi connectivity index (χ3v) is 6.14. The van der Waals surface area contributed by atoms with Crippen LogP contribution in [-0.4, -0.2) is 29.7 Å². The number of nitrogens with zero attached hydrogens (tertiary/aromatic N) is 1. The van der Waals surface area contributed by atoms with Gasteiger partial charge in [-0.1, -0.05) is 24.3 Å². The summed E-state index contributed by atoms with van der Waals surface area (Å²) in [5.74, 6) is 0.430. The molecule has 2 N–H and O–H groups in total. The van der Waals surface area contributed by atoms with Crippen LogP contribution in [0.15, 0.2) is 83.9 Å². The van der Waals surface area contributed by atoms with Crippen molar-refractivity contribution in [3.63, 3.8) is 0 Å². The highest BCUT2D eigenvalue weighted by molar-refractivity contribution is 8.00. The van der Waals surface area contributed by atoms with Crippen LogP contribution < -0.4 is 15.4 Å². The van der Waals surface area contributed by atoms with Crippen LogP contribution in [0.2, 0.25) is 0 Å². The van der Waals surface area contributed by atoms with Crippen LogP contribution in [0.5, 0.6) is 5.75 Å². The fraction of sp³-hybridized carbons (Fsp3) is 0.115. The predicted octanol–water partition coefficient (Wildman–Crippen LogP) is 5.53. The fourth-order valence-corrected chi connectivity index (χ4v) is 4.28. The van der Waals surface area contributed by atoms with Gasteiger partial charge in [0.1, 0.15) is 5.75 Å². The highest BCUT2D eigenvalue weighted by Crippen LogP contribution is 2.28. The Morgan fingerprint density at radius 1 is 0.970 bits per heavy atom. The van der Waals surface area contributed by atoms with Crippen molar-refractivity contribution in [2.45, 2.75) is 11.8 Å². The van der Waals surface area contributed by atoms with Gasteiger partial charge in [0.2, 0.25) is 5.91 Å². The number of aryl methyl sites for hydroxylation is 1. The Hall–Kier alpha value is -3.84. The lowest BCUT2D eigenvalue weighted by molar-refractivity contribution is -0.113. The molecule has 1 aromatic heterocycles. The average Bonchev–Trinajstić information content (AvgIpc) is 2.85. The van der Waals surface area contributed by atoms with Crippen LogP contribution in [0.4, 0.5) is 11.4 Å². The third kappa shape index (κ3) is 5.32. The number of thioether (sulfide) groups is 1. The second kappa shape index (κ2) is 10.2. The summed E-state index contributed by atoms with van der Waals surface area (Å²) in [6, 6.07) is 22.0. The molecular formula is C26H23N3O3S. The fourth-order valence-electron chi connectivity index (χ4n) is 3.43. The quantitative estimate of drug-likeness (QED) is 0.357. The van der Waals surface area contributed by atoms with Gasteiger partial charge in [-0.05, 0) is 55.0 Å². The number of benzene rings is 3. The number of nitrogens with one attached hydrogen (secondary N) is 2. The van der Waals surface area contributed by atoms with Crippen molar-refractivity contribution in [3.05, 3.63) is 90.1 Å². The summed E-state index contributed by atoms with van der Waals surface area (Å²) in [5.41, 5.74) is 3.76. The molecule has 0 radical (unpaired) electrons. The molecule has 0 atom stereocenters. The van der Waals surface area contributed by atoms with E-state index in [2.05, 4.69) is 15.6 Å². The molecule has 7 heteroatoms. The van der Waals surface area contributed by atoms with Crippen molar-refractivity contribution >= 4 is 45.9 Å². The third-order valence-electron chi connectivity index (χ3n) is 5.06. The first-order chi connectivity index (χ1) is 16.0. The molecule has 0 aliphatic carbocycles. The van der Waals surface area contributed by atoms with Crippen LogP contribution in [0.1, 0.15) is 15.9 Å². The maximum absolute atomic E-state index is 13.1. The van der Waals surface area contributed by atoms with Crippen LogP contribution in [0.3, 0.4) is 0 Å². The summed E-state index contributed by atoms with van der Waals surface area (Å²) >= 11 is 1.31. The molecule has 3 aromatic carbocycles. The summed E-state index contributed by atoms with van der Waals surface area (Å²) in [7, 11) is 1.58. The standard InChI is InChI=1S/C26H23N3O3S/c1-17-12-13-22(20-10-6-14-27-25(17)20)29-26(31)21-9-3-4-11-23(21)33-16-24(30)28-18-7-5-8-19(15-18)32-2/h3-15H,16H2,1-2H3,(H,28,30)(H,29,31). The molecule has 0 saturated carbocycles. The van der Waals surface area contributed by atoms with Gasteiger partial charge in [0.05, 0.1) is 29.6 Å². The topological polar surface area (TPSA) is 80.3 Å². The number of ether oxygens (including phenoxy) is 1. The number of fused-ring (bicyclic) bond motifs is 1. The molecular weight excluding hydrogens is 434 g/mol. The van der Waals surface area contributed by atoms with E-state index in [1.807, 2.05) is 61.5 Å². The first kappa shape index (κ1) is 22.4. The maximum Gasteiger partial charge on any atom is 0.256 e. The molecule has 6 nitrogen and oxygen atoms in total. The van der Waals surface area contributed by atoms with Crippen molar-refractivity contribution in [1.29, 1.82) is 0 Å². The van der Waals surface area contributed by atoms with Gasteiger partial charge in [-0.2, -0.15) is 0 Å². The highest BCUT2D eigenvalue weighted by atomic mass is 32.2. The van der Waals surface area contributed by atoms with Crippen LogP contribution in [0, 0.1) is 6.92 Å². The monoisotopic (exact) mass is 457 g/mol. The van der Waals surface area contributed by atoms with Gasteiger partial charge in [-0.15, -0.1) is 11.8 Å². The lowest BCUT2D eigenvalue weighted by Crippen LogP contribution is -2.16. The Kier molecular flexibility index (Phi) is 6.90. The van der Waals surface area contributed by atoms with Gasteiger partial charge in [0, 0.05) is 28.2 Å². The van der Waals surface area contributed by atoms with E-state index in [1.54, 1.807) is 31.5 Å². The van der Waals surface area contributed by atoms with Gasteiger partial charge in [-0.25, -0.2) is 0 Å². The molecule has 0 aliphatic rings. The smallest absolute Gasteiger partial charge is 0.256 e. The number of methoxy groups -OCH3 is 1. The van der Waals surface area contributed by atoms with Gasteiger partial charge < -0.3 is 15.4 Å². The number of carbonyl (C=O) groups excluding carboxylic acids is 2. The number of anilines is 2. The zero-order chi connectivity index (χ0) is 23.2. The normalized spacial score (nSPS) is 10.6. The minimum Gasteiger partial charge on any atom is -0.497 e. The van der Waals surface area contributed by atoms with E-state index in [4.69, 9.17) is 4.74 Å². The van der Waals surface area contributed by atoms with Gasteiger partial charge in [-0.3, -0.25) is 14.6 Å². The van der Waals surface area contributed by atoms with Gasteiger partial charge in [0.25, 0.3) is 5.91 Å². The number of amides is 2. The molecule has 0 saturated heterocycles. The Labute approximate surface area is 196 Å². The minimum atomic E-state index is -0.236.